The van der Waals surface area contributed by atoms with E-state index in [-0.39, 0.29) is 18.1 Å². The standard InChI is InChI=1S/C13H16O3/c1-9(2)12(14)8-10-6-4-5-7-11(10)13(15)16-3/h4-7,9H,8H2,1-3H3. The van der Waals surface area contributed by atoms with E-state index < -0.39 is 5.97 Å². The third kappa shape index (κ3) is 2.92. The van der Waals surface area contributed by atoms with Gasteiger partial charge in [-0.3, -0.25) is 4.79 Å². The van der Waals surface area contributed by atoms with E-state index in [1.807, 2.05) is 19.9 Å². The van der Waals surface area contributed by atoms with Crippen LogP contribution in [0.1, 0.15) is 29.8 Å². The van der Waals surface area contributed by atoms with E-state index in [1.165, 1.54) is 7.11 Å². The van der Waals surface area contributed by atoms with Crippen LogP contribution in [0.4, 0.5) is 0 Å². The van der Waals surface area contributed by atoms with Gasteiger partial charge in [0.25, 0.3) is 0 Å². The third-order valence-corrected chi connectivity index (χ3v) is 2.43. The third-order valence-electron chi connectivity index (χ3n) is 2.43. The molecule has 3 heteroatoms. The zero-order chi connectivity index (χ0) is 12.1. The molecule has 1 aromatic carbocycles. The van der Waals surface area contributed by atoms with Crippen molar-refractivity contribution in [2.24, 2.45) is 5.92 Å². The first-order chi connectivity index (χ1) is 7.56. The fraction of sp³-hybridized carbons (Fsp3) is 0.385. The number of carbonyl (C=O) groups excluding carboxylic acids is 2. The Kier molecular flexibility index (Phi) is 4.23. The van der Waals surface area contributed by atoms with Crippen molar-refractivity contribution in [1.29, 1.82) is 0 Å². The van der Waals surface area contributed by atoms with Crippen molar-refractivity contribution < 1.29 is 14.3 Å². The number of rotatable bonds is 4. The summed E-state index contributed by atoms with van der Waals surface area (Å²) in [4.78, 5) is 23.1. The molecule has 0 heterocycles. The molecule has 0 aromatic heterocycles. The van der Waals surface area contributed by atoms with Crippen LogP contribution >= 0.6 is 0 Å². The van der Waals surface area contributed by atoms with Gasteiger partial charge in [-0.25, -0.2) is 4.79 Å². The molecule has 1 rings (SSSR count). The second-order valence-electron chi connectivity index (χ2n) is 3.95. The minimum absolute atomic E-state index is 0.0225. The van der Waals surface area contributed by atoms with Crippen molar-refractivity contribution >= 4 is 11.8 Å². The lowest BCUT2D eigenvalue weighted by atomic mass is 9.97. The average Bonchev–Trinajstić information content (AvgIpc) is 2.28. The molecule has 86 valence electrons. The van der Waals surface area contributed by atoms with E-state index >= 15 is 0 Å². The smallest absolute Gasteiger partial charge is 0.338 e. The first-order valence-corrected chi connectivity index (χ1v) is 5.25. The molecular weight excluding hydrogens is 204 g/mol. The van der Waals surface area contributed by atoms with Gasteiger partial charge in [-0.05, 0) is 11.6 Å². The number of Topliss-reactive ketones (excluding diaryl/α,β-unsaturated/α-hetero) is 1. The van der Waals surface area contributed by atoms with Crippen LogP contribution in [0.3, 0.4) is 0 Å². The van der Waals surface area contributed by atoms with Crippen LogP contribution in [0, 0.1) is 5.92 Å². The number of hydrogen-bond acceptors (Lipinski definition) is 3. The molecule has 0 unspecified atom stereocenters. The van der Waals surface area contributed by atoms with Gasteiger partial charge in [0.05, 0.1) is 12.7 Å². The summed E-state index contributed by atoms with van der Waals surface area (Å²) in [6.45, 7) is 3.70. The molecule has 0 bridgehead atoms. The molecule has 16 heavy (non-hydrogen) atoms. The number of esters is 1. The van der Waals surface area contributed by atoms with Gasteiger partial charge in [0.2, 0.25) is 0 Å². The number of hydrogen-bond donors (Lipinski definition) is 0. The van der Waals surface area contributed by atoms with E-state index in [0.29, 0.717) is 5.56 Å². The summed E-state index contributed by atoms with van der Waals surface area (Å²) >= 11 is 0. The Labute approximate surface area is 95.4 Å². The largest absolute Gasteiger partial charge is 0.465 e. The molecular formula is C13H16O3. The van der Waals surface area contributed by atoms with Crippen LogP contribution in [-0.2, 0) is 16.0 Å². The highest BCUT2D eigenvalue weighted by Gasteiger charge is 2.15. The predicted molar refractivity (Wildman–Crippen MR) is 61.3 cm³/mol. The van der Waals surface area contributed by atoms with Crippen molar-refractivity contribution in [1.82, 2.24) is 0 Å². The summed E-state index contributed by atoms with van der Waals surface area (Å²) < 4.78 is 4.67. The zero-order valence-corrected chi connectivity index (χ0v) is 9.82. The molecule has 0 N–H and O–H groups in total. The molecule has 3 nitrogen and oxygen atoms in total. The lowest BCUT2D eigenvalue weighted by molar-refractivity contribution is -0.121. The van der Waals surface area contributed by atoms with Gasteiger partial charge in [0.1, 0.15) is 5.78 Å². The van der Waals surface area contributed by atoms with Crippen LogP contribution < -0.4 is 0 Å². The van der Waals surface area contributed by atoms with Crippen molar-refractivity contribution in [2.45, 2.75) is 20.3 Å². The van der Waals surface area contributed by atoms with Crippen LogP contribution in [0.15, 0.2) is 24.3 Å². The summed E-state index contributed by atoms with van der Waals surface area (Å²) in [7, 11) is 1.34. The molecule has 0 fully saturated rings. The average molecular weight is 220 g/mol. The van der Waals surface area contributed by atoms with Crippen LogP contribution in [0.5, 0.6) is 0 Å². The van der Waals surface area contributed by atoms with Crippen molar-refractivity contribution in [2.75, 3.05) is 7.11 Å². The van der Waals surface area contributed by atoms with Crippen LogP contribution in [0.25, 0.3) is 0 Å². The van der Waals surface area contributed by atoms with Gasteiger partial charge in [-0.15, -0.1) is 0 Å². The molecule has 0 aliphatic rings. The number of methoxy groups -OCH3 is 1. The van der Waals surface area contributed by atoms with Gasteiger partial charge in [-0.2, -0.15) is 0 Å². The first kappa shape index (κ1) is 12.4. The molecule has 1 aromatic rings. The van der Waals surface area contributed by atoms with Gasteiger partial charge in [-0.1, -0.05) is 32.0 Å². The summed E-state index contributed by atoms with van der Waals surface area (Å²) in [6.07, 6.45) is 0.281. The highest BCUT2D eigenvalue weighted by molar-refractivity contribution is 5.93. The van der Waals surface area contributed by atoms with Crippen molar-refractivity contribution in [3.63, 3.8) is 0 Å². The Morgan fingerprint density at radius 2 is 1.88 bits per heavy atom. The van der Waals surface area contributed by atoms with E-state index in [4.69, 9.17) is 0 Å². The predicted octanol–water partition coefficient (Wildman–Crippen LogP) is 2.24. The molecule has 0 atom stereocenters. The van der Waals surface area contributed by atoms with Crippen molar-refractivity contribution in [3.05, 3.63) is 35.4 Å². The lowest BCUT2D eigenvalue weighted by Crippen LogP contribution is -2.14. The minimum Gasteiger partial charge on any atom is -0.465 e. The van der Waals surface area contributed by atoms with E-state index in [2.05, 4.69) is 4.74 Å². The number of ketones is 1. The Balaban J connectivity index is 2.95. The fourth-order valence-corrected chi connectivity index (χ4v) is 1.38. The topological polar surface area (TPSA) is 43.4 Å². The molecule has 0 radical (unpaired) electrons. The monoisotopic (exact) mass is 220 g/mol. The second kappa shape index (κ2) is 5.45. The lowest BCUT2D eigenvalue weighted by Gasteiger charge is -2.08. The second-order valence-corrected chi connectivity index (χ2v) is 3.95. The molecule has 0 saturated carbocycles. The highest BCUT2D eigenvalue weighted by atomic mass is 16.5. The number of ether oxygens (including phenoxy) is 1. The van der Waals surface area contributed by atoms with Gasteiger partial charge >= 0.3 is 5.97 Å². The Bertz CT molecular complexity index is 394. The van der Waals surface area contributed by atoms with E-state index in [0.717, 1.165) is 5.56 Å². The Morgan fingerprint density at radius 3 is 2.44 bits per heavy atom. The summed E-state index contributed by atoms with van der Waals surface area (Å²) in [5.41, 5.74) is 1.20. The molecule has 0 amide bonds. The maximum atomic E-state index is 11.6. The maximum Gasteiger partial charge on any atom is 0.338 e. The van der Waals surface area contributed by atoms with Gasteiger partial charge in [0, 0.05) is 12.3 Å². The Morgan fingerprint density at radius 1 is 1.25 bits per heavy atom. The first-order valence-electron chi connectivity index (χ1n) is 5.25. The van der Waals surface area contributed by atoms with Crippen LogP contribution in [-0.4, -0.2) is 18.9 Å². The molecule has 0 aliphatic carbocycles. The summed E-state index contributed by atoms with van der Waals surface area (Å²) in [5.74, 6) is -0.297. The van der Waals surface area contributed by atoms with Gasteiger partial charge in [0.15, 0.2) is 0 Å². The number of carbonyl (C=O) groups is 2. The van der Waals surface area contributed by atoms with Gasteiger partial charge < -0.3 is 4.74 Å². The number of benzene rings is 1. The molecule has 0 aliphatic heterocycles. The Hall–Kier alpha value is -1.64. The van der Waals surface area contributed by atoms with Crippen LogP contribution in [0.2, 0.25) is 0 Å². The molecule has 0 spiro atoms. The maximum absolute atomic E-state index is 11.6. The normalized spacial score (nSPS) is 10.2. The quantitative estimate of drug-likeness (QED) is 0.731. The SMILES string of the molecule is COC(=O)c1ccccc1CC(=O)C(C)C. The highest BCUT2D eigenvalue weighted by Crippen LogP contribution is 2.13. The summed E-state index contributed by atoms with van der Waals surface area (Å²) in [5, 5.41) is 0. The minimum atomic E-state index is -0.396. The fourth-order valence-electron chi connectivity index (χ4n) is 1.38. The van der Waals surface area contributed by atoms with E-state index in [9.17, 15) is 9.59 Å². The summed E-state index contributed by atoms with van der Waals surface area (Å²) in [6, 6.07) is 7.03. The van der Waals surface area contributed by atoms with Crippen molar-refractivity contribution in [3.8, 4) is 0 Å². The molecule has 0 saturated heterocycles. The zero-order valence-electron chi connectivity index (χ0n) is 9.82. The van der Waals surface area contributed by atoms with E-state index in [1.54, 1.807) is 18.2 Å².